The zero-order chi connectivity index (χ0) is 19.8. The van der Waals surface area contributed by atoms with Crippen molar-refractivity contribution in [3.63, 3.8) is 0 Å². The zero-order valence-electron chi connectivity index (χ0n) is 16.5. The summed E-state index contributed by atoms with van der Waals surface area (Å²) in [6, 6.07) is 10.3. The van der Waals surface area contributed by atoms with Crippen molar-refractivity contribution in [2.45, 2.75) is 32.3 Å². The number of rotatable bonds is 4. The Hall–Kier alpha value is -2.67. The van der Waals surface area contributed by atoms with Crippen LogP contribution in [0.3, 0.4) is 0 Å². The van der Waals surface area contributed by atoms with Crippen molar-refractivity contribution in [2.75, 3.05) is 32.8 Å². The predicted octanol–water partition coefficient (Wildman–Crippen LogP) is 1.79. The van der Waals surface area contributed by atoms with Gasteiger partial charge in [0.15, 0.2) is 5.69 Å². The van der Waals surface area contributed by atoms with E-state index in [1.807, 2.05) is 28.0 Å². The van der Waals surface area contributed by atoms with E-state index in [9.17, 15) is 9.59 Å². The molecule has 152 valence electrons. The smallest absolute Gasteiger partial charge is 0.274 e. The Morgan fingerprint density at radius 1 is 1.21 bits per heavy atom. The lowest BCUT2D eigenvalue weighted by molar-refractivity contribution is -0.135. The molecule has 5 rings (SSSR count). The van der Waals surface area contributed by atoms with Gasteiger partial charge in [-0.1, -0.05) is 30.3 Å². The number of carbonyl (C=O) groups is 2. The summed E-state index contributed by atoms with van der Waals surface area (Å²) in [7, 11) is 0. The minimum absolute atomic E-state index is 0.0830. The molecule has 29 heavy (non-hydrogen) atoms. The van der Waals surface area contributed by atoms with Gasteiger partial charge in [0.05, 0.1) is 18.6 Å². The lowest BCUT2D eigenvalue weighted by Gasteiger charge is -2.24. The van der Waals surface area contributed by atoms with Crippen LogP contribution in [0.1, 0.15) is 40.2 Å². The number of aromatic nitrogens is 2. The summed E-state index contributed by atoms with van der Waals surface area (Å²) in [5, 5.41) is 7.25. The van der Waals surface area contributed by atoms with E-state index in [1.54, 1.807) is 0 Å². The number of carbonyl (C=O) groups excluding carboxylic acids is 2. The summed E-state index contributed by atoms with van der Waals surface area (Å²) in [4.78, 5) is 30.1. The number of benzene rings is 1. The summed E-state index contributed by atoms with van der Waals surface area (Å²) in [5.41, 5.74) is 3.17. The van der Waals surface area contributed by atoms with Gasteiger partial charge in [-0.15, -0.1) is 0 Å². The van der Waals surface area contributed by atoms with Crippen LogP contribution in [0.4, 0.5) is 0 Å². The average molecular weight is 394 g/mol. The molecular weight excluding hydrogens is 368 g/mol. The highest BCUT2D eigenvalue weighted by Gasteiger charge is 2.51. The van der Waals surface area contributed by atoms with Crippen LogP contribution in [-0.2, 0) is 29.0 Å². The monoisotopic (exact) mass is 394 g/mol. The molecule has 0 saturated carbocycles. The summed E-state index contributed by atoms with van der Waals surface area (Å²) in [6.45, 7) is 3.71. The summed E-state index contributed by atoms with van der Waals surface area (Å²) in [5.74, 6) is 0.122. The van der Waals surface area contributed by atoms with Crippen LogP contribution in [0.5, 0.6) is 0 Å². The van der Waals surface area contributed by atoms with Gasteiger partial charge in [-0.25, -0.2) is 0 Å². The van der Waals surface area contributed by atoms with Gasteiger partial charge in [0.1, 0.15) is 0 Å². The van der Waals surface area contributed by atoms with E-state index < -0.39 is 5.41 Å². The maximum atomic E-state index is 13.2. The fraction of sp³-hybridized carbons (Fsp3) is 0.500. The van der Waals surface area contributed by atoms with Crippen molar-refractivity contribution in [1.82, 2.24) is 20.0 Å². The maximum Gasteiger partial charge on any atom is 0.274 e. The van der Waals surface area contributed by atoms with Gasteiger partial charge in [-0.05, 0) is 24.8 Å². The Balaban J connectivity index is 1.25. The molecule has 2 saturated heterocycles. The van der Waals surface area contributed by atoms with Crippen molar-refractivity contribution in [1.29, 1.82) is 0 Å². The third-order valence-electron chi connectivity index (χ3n) is 6.65. The third kappa shape index (κ3) is 3.23. The predicted molar refractivity (Wildman–Crippen MR) is 106 cm³/mol. The molecule has 1 spiro atoms. The molecule has 3 aliphatic rings. The Labute approximate surface area is 170 Å². The Morgan fingerprint density at radius 3 is 2.90 bits per heavy atom. The topological polar surface area (TPSA) is 78.5 Å². The number of hydrogen-bond donors (Lipinski definition) is 1. The zero-order valence-corrected chi connectivity index (χ0v) is 16.5. The summed E-state index contributed by atoms with van der Waals surface area (Å²) < 4.78 is 5.50. The molecule has 3 aliphatic heterocycles. The van der Waals surface area contributed by atoms with Gasteiger partial charge < -0.3 is 14.5 Å². The molecule has 0 radical (unpaired) electrons. The van der Waals surface area contributed by atoms with Crippen LogP contribution >= 0.6 is 0 Å². The van der Waals surface area contributed by atoms with Gasteiger partial charge in [-0.2, -0.15) is 5.10 Å². The van der Waals surface area contributed by atoms with Gasteiger partial charge >= 0.3 is 0 Å². The minimum atomic E-state index is -0.417. The van der Waals surface area contributed by atoms with Crippen molar-refractivity contribution in [2.24, 2.45) is 5.41 Å². The van der Waals surface area contributed by atoms with Crippen LogP contribution in [0, 0.1) is 5.41 Å². The number of aromatic amines is 1. The number of amides is 2. The van der Waals surface area contributed by atoms with E-state index in [2.05, 4.69) is 22.3 Å². The second kappa shape index (κ2) is 7.30. The molecule has 1 aromatic carbocycles. The van der Waals surface area contributed by atoms with Crippen LogP contribution in [0.25, 0.3) is 0 Å². The maximum absolute atomic E-state index is 13.2. The third-order valence-corrected chi connectivity index (χ3v) is 6.65. The van der Waals surface area contributed by atoms with Crippen LogP contribution in [-0.4, -0.2) is 64.6 Å². The number of fused-ring (bicyclic) bond motifs is 1. The molecule has 7 nitrogen and oxygen atoms in total. The Morgan fingerprint density at radius 2 is 2.03 bits per heavy atom. The standard InChI is InChI=1S/C22H26N4O3/c27-20(19-17-14-29-13-7-18(17)23-24-19)26-12-9-22(15-26)8-11-25(21(22)28)10-6-16-4-2-1-3-5-16/h1-5H,6-15H2,(H,23,24). The van der Waals surface area contributed by atoms with Gasteiger partial charge in [0.2, 0.25) is 5.91 Å². The van der Waals surface area contributed by atoms with Crippen molar-refractivity contribution < 1.29 is 14.3 Å². The van der Waals surface area contributed by atoms with Crippen LogP contribution in [0.15, 0.2) is 30.3 Å². The second-order valence-corrected chi connectivity index (χ2v) is 8.37. The second-order valence-electron chi connectivity index (χ2n) is 8.37. The fourth-order valence-corrected chi connectivity index (χ4v) is 4.88. The first-order chi connectivity index (χ1) is 14.2. The average Bonchev–Trinajstić information content (AvgIpc) is 3.46. The highest BCUT2D eigenvalue weighted by Crippen LogP contribution is 2.41. The largest absolute Gasteiger partial charge is 0.376 e. The molecule has 7 heteroatoms. The molecule has 2 fully saturated rings. The molecule has 1 atom stereocenters. The van der Waals surface area contributed by atoms with Crippen molar-refractivity contribution in [3.05, 3.63) is 52.8 Å². The van der Waals surface area contributed by atoms with Crippen LogP contribution in [0.2, 0.25) is 0 Å². The van der Waals surface area contributed by atoms with E-state index in [-0.39, 0.29) is 11.8 Å². The first-order valence-corrected chi connectivity index (χ1v) is 10.4. The fourth-order valence-electron chi connectivity index (χ4n) is 4.88. The number of H-pyrrole nitrogens is 1. The number of likely N-dealkylation sites (tertiary alicyclic amines) is 2. The van der Waals surface area contributed by atoms with Gasteiger partial charge in [0.25, 0.3) is 5.91 Å². The number of nitrogens with zero attached hydrogens (tertiary/aromatic N) is 3. The first kappa shape index (κ1) is 18.4. The molecule has 1 N–H and O–H groups in total. The van der Waals surface area contributed by atoms with Gasteiger partial charge in [0, 0.05) is 43.9 Å². The summed E-state index contributed by atoms with van der Waals surface area (Å²) in [6.07, 6.45) is 3.19. The molecule has 2 amide bonds. The Kier molecular flexibility index (Phi) is 4.62. The number of nitrogens with one attached hydrogen (secondary N) is 1. The van der Waals surface area contributed by atoms with E-state index in [1.165, 1.54) is 5.56 Å². The molecule has 4 heterocycles. The molecular formula is C22H26N4O3. The molecule has 2 aromatic rings. The number of ether oxygens (including phenoxy) is 1. The first-order valence-electron chi connectivity index (χ1n) is 10.4. The number of hydrogen-bond acceptors (Lipinski definition) is 4. The highest BCUT2D eigenvalue weighted by atomic mass is 16.5. The molecule has 0 aliphatic carbocycles. The Bertz CT molecular complexity index is 925. The normalized spacial score (nSPS) is 23.8. The highest BCUT2D eigenvalue weighted by molar-refractivity contribution is 5.95. The van der Waals surface area contributed by atoms with Crippen LogP contribution < -0.4 is 0 Å². The van der Waals surface area contributed by atoms with E-state index in [0.29, 0.717) is 32.0 Å². The minimum Gasteiger partial charge on any atom is -0.376 e. The van der Waals surface area contributed by atoms with Gasteiger partial charge in [-0.3, -0.25) is 14.7 Å². The molecule has 1 unspecified atom stereocenters. The van der Waals surface area contributed by atoms with E-state index >= 15 is 0 Å². The quantitative estimate of drug-likeness (QED) is 0.858. The summed E-state index contributed by atoms with van der Waals surface area (Å²) >= 11 is 0. The SMILES string of the molecule is O=C(c1n[nH]c2c1COCC2)N1CCC2(CCN(CCc3ccccc3)C2=O)C1. The molecule has 1 aromatic heterocycles. The van der Waals surface area contributed by atoms with E-state index in [4.69, 9.17) is 4.74 Å². The van der Waals surface area contributed by atoms with E-state index in [0.717, 1.165) is 50.0 Å². The lowest BCUT2D eigenvalue weighted by atomic mass is 9.85. The lowest BCUT2D eigenvalue weighted by Crippen LogP contribution is -2.39. The van der Waals surface area contributed by atoms with Crippen molar-refractivity contribution in [3.8, 4) is 0 Å². The van der Waals surface area contributed by atoms with Crippen molar-refractivity contribution >= 4 is 11.8 Å². The molecule has 0 bridgehead atoms.